The standard InChI is InChI=1S/C14H16BrN3O2/c1-7-3-9(4-8(2)12(7)15)13-17-14(20-18-13)11-5-10(19)6-16-11/h3-4,10-11,16,19H,5-6H2,1-2H3/t10-,11+/m1/s1. The summed E-state index contributed by atoms with van der Waals surface area (Å²) >= 11 is 3.55. The fourth-order valence-corrected chi connectivity index (χ4v) is 2.70. The van der Waals surface area contributed by atoms with Crippen molar-refractivity contribution in [2.45, 2.75) is 32.4 Å². The molecule has 1 aliphatic rings. The summed E-state index contributed by atoms with van der Waals surface area (Å²) in [5.41, 5.74) is 3.22. The van der Waals surface area contributed by atoms with Crippen LogP contribution < -0.4 is 5.32 Å². The molecule has 1 aliphatic heterocycles. The molecule has 1 aromatic heterocycles. The monoisotopic (exact) mass is 337 g/mol. The molecule has 0 bridgehead atoms. The zero-order valence-electron chi connectivity index (χ0n) is 11.4. The van der Waals surface area contributed by atoms with Crippen LogP contribution in [0.3, 0.4) is 0 Å². The Bertz CT molecular complexity index is 618. The third-order valence-electron chi connectivity index (χ3n) is 3.54. The van der Waals surface area contributed by atoms with Gasteiger partial charge in [-0.1, -0.05) is 21.1 Å². The quantitative estimate of drug-likeness (QED) is 0.880. The number of β-amino-alcohol motifs (C(OH)–C–C–N with tert-alkyl or cyclic N) is 1. The molecule has 0 amide bonds. The van der Waals surface area contributed by atoms with Crippen molar-refractivity contribution in [2.75, 3.05) is 6.54 Å². The lowest BCUT2D eigenvalue weighted by molar-refractivity contribution is 0.191. The molecule has 1 saturated heterocycles. The minimum absolute atomic E-state index is 0.0520. The molecule has 2 heterocycles. The molecule has 6 heteroatoms. The molecule has 0 spiro atoms. The average molecular weight is 338 g/mol. The van der Waals surface area contributed by atoms with Gasteiger partial charge < -0.3 is 14.9 Å². The van der Waals surface area contributed by atoms with Crippen molar-refractivity contribution < 1.29 is 9.63 Å². The summed E-state index contributed by atoms with van der Waals surface area (Å²) in [5.74, 6) is 1.12. The molecule has 0 saturated carbocycles. The van der Waals surface area contributed by atoms with E-state index >= 15 is 0 Å². The molecule has 1 aromatic carbocycles. The lowest BCUT2D eigenvalue weighted by atomic mass is 10.1. The Hall–Kier alpha value is -1.24. The number of rotatable bonds is 2. The van der Waals surface area contributed by atoms with Crippen molar-refractivity contribution in [3.05, 3.63) is 33.6 Å². The molecule has 2 atom stereocenters. The first-order valence-electron chi connectivity index (χ1n) is 6.57. The number of nitrogens with zero attached hydrogens (tertiary/aromatic N) is 2. The Labute approximate surface area is 125 Å². The number of aliphatic hydroxyl groups excluding tert-OH is 1. The van der Waals surface area contributed by atoms with Gasteiger partial charge in [0.15, 0.2) is 0 Å². The van der Waals surface area contributed by atoms with Gasteiger partial charge in [-0.3, -0.25) is 0 Å². The highest BCUT2D eigenvalue weighted by Gasteiger charge is 2.28. The molecular formula is C14H16BrN3O2. The average Bonchev–Trinajstić information content (AvgIpc) is 3.03. The second-order valence-corrected chi connectivity index (χ2v) is 6.02. The van der Waals surface area contributed by atoms with E-state index in [0.717, 1.165) is 21.2 Å². The van der Waals surface area contributed by atoms with Gasteiger partial charge in [0.2, 0.25) is 11.7 Å². The maximum absolute atomic E-state index is 9.53. The van der Waals surface area contributed by atoms with E-state index in [2.05, 4.69) is 31.4 Å². The van der Waals surface area contributed by atoms with Gasteiger partial charge in [-0.05, 0) is 43.5 Å². The highest BCUT2D eigenvalue weighted by Crippen LogP contribution is 2.29. The number of nitrogens with one attached hydrogen (secondary N) is 1. The second kappa shape index (κ2) is 5.27. The zero-order chi connectivity index (χ0) is 14.3. The van der Waals surface area contributed by atoms with E-state index in [4.69, 9.17) is 4.52 Å². The molecule has 0 unspecified atom stereocenters. The maximum atomic E-state index is 9.53. The predicted molar refractivity (Wildman–Crippen MR) is 78.3 cm³/mol. The van der Waals surface area contributed by atoms with Crippen LogP contribution in [0.1, 0.15) is 29.5 Å². The summed E-state index contributed by atoms with van der Waals surface area (Å²) in [6, 6.07) is 4.01. The largest absolute Gasteiger partial charge is 0.392 e. The second-order valence-electron chi connectivity index (χ2n) is 5.23. The molecule has 0 aliphatic carbocycles. The number of benzene rings is 1. The summed E-state index contributed by atoms with van der Waals surface area (Å²) in [5, 5.41) is 16.7. The number of aliphatic hydroxyl groups is 1. The van der Waals surface area contributed by atoms with Gasteiger partial charge in [-0.2, -0.15) is 4.98 Å². The molecule has 1 fully saturated rings. The van der Waals surface area contributed by atoms with Gasteiger partial charge in [0.25, 0.3) is 0 Å². The van der Waals surface area contributed by atoms with Gasteiger partial charge in [0.1, 0.15) is 0 Å². The van der Waals surface area contributed by atoms with E-state index in [-0.39, 0.29) is 12.1 Å². The van der Waals surface area contributed by atoms with E-state index in [0.29, 0.717) is 24.7 Å². The Morgan fingerprint density at radius 2 is 2.05 bits per heavy atom. The molecule has 20 heavy (non-hydrogen) atoms. The van der Waals surface area contributed by atoms with Crippen molar-refractivity contribution in [3.63, 3.8) is 0 Å². The third-order valence-corrected chi connectivity index (χ3v) is 4.79. The number of aromatic nitrogens is 2. The normalized spacial score (nSPS) is 22.4. The topological polar surface area (TPSA) is 71.2 Å². The number of halogens is 1. The van der Waals surface area contributed by atoms with Crippen molar-refractivity contribution >= 4 is 15.9 Å². The minimum Gasteiger partial charge on any atom is -0.392 e. The fraction of sp³-hybridized carbons (Fsp3) is 0.429. The zero-order valence-corrected chi connectivity index (χ0v) is 12.9. The summed E-state index contributed by atoms with van der Waals surface area (Å²) in [4.78, 5) is 4.44. The highest BCUT2D eigenvalue weighted by atomic mass is 79.9. The Kier molecular flexibility index (Phi) is 3.62. The number of aryl methyl sites for hydroxylation is 2. The van der Waals surface area contributed by atoms with E-state index in [1.165, 1.54) is 0 Å². The number of hydrogen-bond donors (Lipinski definition) is 2. The van der Waals surface area contributed by atoms with Gasteiger partial charge in [0.05, 0.1) is 12.1 Å². The molecule has 3 rings (SSSR count). The van der Waals surface area contributed by atoms with Crippen LogP contribution in [0, 0.1) is 13.8 Å². The highest BCUT2D eigenvalue weighted by molar-refractivity contribution is 9.10. The first-order chi connectivity index (χ1) is 9.54. The van der Waals surface area contributed by atoms with Gasteiger partial charge in [0, 0.05) is 16.6 Å². The van der Waals surface area contributed by atoms with Crippen LogP contribution in [0.2, 0.25) is 0 Å². The van der Waals surface area contributed by atoms with Crippen molar-refractivity contribution in [1.82, 2.24) is 15.5 Å². The molecule has 106 valence electrons. The lowest BCUT2D eigenvalue weighted by Crippen LogP contribution is -2.15. The minimum atomic E-state index is -0.340. The maximum Gasteiger partial charge on any atom is 0.244 e. The summed E-state index contributed by atoms with van der Waals surface area (Å²) in [7, 11) is 0. The van der Waals surface area contributed by atoms with Gasteiger partial charge >= 0.3 is 0 Å². The van der Waals surface area contributed by atoms with Gasteiger partial charge in [-0.15, -0.1) is 0 Å². The molecule has 0 radical (unpaired) electrons. The van der Waals surface area contributed by atoms with Crippen LogP contribution in [-0.2, 0) is 0 Å². The van der Waals surface area contributed by atoms with Crippen LogP contribution in [0.5, 0.6) is 0 Å². The molecule has 2 aromatic rings. The van der Waals surface area contributed by atoms with Crippen molar-refractivity contribution in [3.8, 4) is 11.4 Å². The SMILES string of the molecule is Cc1cc(-c2noc([C@@H]3C[C@@H](O)CN3)n2)cc(C)c1Br. The van der Waals surface area contributed by atoms with Gasteiger partial charge in [-0.25, -0.2) is 0 Å². The van der Waals surface area contributed by atoms with E-state index in [1.807, 2.05) is 26.0 Å². The third kappa shape index (κ3) is 2.51. The Morgan fingerprint density at radius 3 is 2.65 bits per heavy atom. The van der Waals surface area contributed by atoms with Crippen molar-refractivity contribution in [1.29, 1.82) is 0 Å². The van der Waals surface area contributed by atoms with Crippen LogP contribution in [0.15, 0.2) is 21.1 Å². The summed E-state index contributed by atoms with van der Waals surface area (Å²) < 4.78 is 6.42. The van der Waals surface area contributed by atoms with Crippen molar-refractivity contribution in [2.24, 2.45) is 0 Å². The van der Waals surface area contributed by atoms with Crippen LogP contribution in [-0.4, -0.2) is 27.9 Å². The van der Waals surface area contributed by atoms with Crippen LogP contribution in [0.4, 0.5) is 0 Å². The van der Waals surface area contributed by atoms with E-state index in [9.17, 15) is 5.11 Å². The Morgan fingerprint density at radius 1 is 1.35 bits per heavy atom. The van der Waals surface area contributed by atoms with Crippen LogP contribution in [0.25, 0.3) is 11.4 Å². The fourth-order valence-electron chi connectivity index (χ4n) is 2.47. The first-order valence-corrected chi connectivity index (χ1v) is 7.36. The summed E-state index contributed by atoms with van der Waals surface area (Å²) in [6.45, 7) is 4.64. The predicted octanol–water partition coefficient (Wildman–Crippen LogP) is 2.51. The molecular weight excluding hydrogens is 322 g/mol. The molecule has 2 N–H and O–H groups in total. The van der Waals surface area contributed by atoms with Crippen LogP contribution >= 0.6 is 15.9 Å². The molecule has 5 nitrogen and oxygen atoms in total. The lowest BCUT2D eigenvalue weighted by Gasteiger charge is -2.05. The summed E-state index contributed by atoms with van der Waals surface area (Å²) in [6.07, 6.45) is 0.271. The Balaban J connectivity index is 1.90. The smallest absolute Gasteiger partial charge is 0.244 e. The first kappa shape index (κ1) is 13.7. The van der Waals surface area contributed by atoms with E-state index in [1.54, 1.807) is 0 Å². The van der Waals surface area contributed by atoms with E-state index < -0.39 is 0 Å². The number of hydrogen-bond acceptors (Lipinski definition) is 5.